The highest BCUT2D eigenvalue weighted by atomic mass is 16.5. The van der Waals surface area contributed by atoms with Gasteiger partial charge in [0, 0.05) is 31.3 Å². The Bertz CT molecular complexity index is 367. The lowest BCUT2D eigenvalue weighted by atomic mass is 9.87. The first kappa shape index (κ1) is 12.2. The van der Waals surface area contributed by atoms with Gasteiger partial charge in [-0.2, -0.15) is 0 Å². The van der Waals surface area contributed by atoms with E-state index in [0.29, 0.717) is 12.6 Å². The van der Waals surface area contributed by atoms with E-state index in [1.807, 2.05) is 6.07 Å². The van der Waals surface area contributed by atoms with E-state index in [4.69, 9.17) is 14.9 Å². The summed E-state index contributed by atoms with van der Waals surface area (Å²) in [4.78, 5) is 2.58. The summed E-state index contributed by atoms with van der Waals surface area (Å²) in [7, 11) is 0. The number of furan rings is 1. The summed E-state index contributed by atoms with van der Waals surface area (Å²) in [6, 6.07) is 4.70. The van der Waals surface area contributed by atoms with Gasteiger partial charge in [0.05, 0.1) is 12.8 Å². The fraction of sp³-hybridized carbons (Fsp3) is 0.714. The van der Waals surface area contributed by atoms with Crippen molar-refractivity contribution in [3.63, 3.8) is 0 Å². The van der Waals surface area contributed by atoms with Crippen molar-refractivity contribution in [1.82, 2.24) is 4.90 Å². The Kier molecular flexibility index (Phi) is 3.41. The minimum absolute atomic E-state index is 0.117. The standard InChI is InChI=1S/C14H22N2O2/c15-11-14(5-8-17-9-6-14)16(12-3-4-12)10-13-2-1-7-18-13/h1-2,7,12H,3-6,8-11,15H2. The predicted octanol–water partition coefficient (Wildman–Crippen LogP) is 1.75. The number of nitrogens with zero attached hydrogens (tertiary/aromatic N) is 1. The first-order chi connectivity index (χ1) is 8.84. The van der Waals surface area contributed by atoms with Crippen LogP contribution in [-0.2, 0) is 11.3 Å². The monoisotopic (exact) mass is 250 g/mol. The molecule has 0 radical (unpaired) electrons. The second kappa shape index (κ2) is 5.03. The topological polar surface area (TPSA) is 51.6 Å². The van der Waals surface area contributed by atoms with Gasteiger partial charge in [-0.15, -0.1) is 0 Å². The molecule has 1 aliphatic heterocycles. The lowest BCUT2D eigenvalue weighted by Crippen LogP contribution is -2.57. The third kappa shape index (κ3) is 2.32. The van der Waals surface area contributed by atoms with E-state index < -0.39 is 0 Å². The van der Waals surface area contributed by atoms with Crippen molar-refractivity contribution >= 4 is 0 Å². The van der Waals surface area contributed by atoms with Gasteiger partial charge in [0.25, 0.3) is 0 Å². The van der Waals surface area contributed by atoms with E-state index in [1.165, 1.54) is 12.8 Å². The molecule has 4 nitrogen and oxygen atoms in total. The Morgan fingerprint density at radius 3 is 2.67 bits per heavy atom. The largest absolute Gasteiger partial charge is 0.468 e. The quantitative estimate of drug-likeness (QED) is 0.865. The van der Waals surface area contributed by atoms with Gasteiger partial charge in [0.15, 0.2) is 0 Å². The molecule has 3 rings (SSSR count). The number of hydrogen-bond donors (Lipinski definition) is 1. The van der Waals surface area contributed by atoms with Gasteiger partial charge in [-0.3, -0.25) is 4.90 Å². The van der Waals surface area contributed by atoms with Crippen LogP contribution in [0, 0.1) is 0 Å². The van der Waals surface area contributed by atoms with E-state index in [0.717, 1.165) is 38.4 Å². The fourth-order valence-electron chi connectivity index (χ4n) is 3.00. The van der Waals surface area contributed by atoms with Crippen molar-refractivity contribution in [3.05, 3.63) is 24.2 Å². The van der Waals surface area contributed by atoms with Crippen molar-refractivity contribution < 1.29 is 9.15 Å². The molecule has 1 aliphatic carbocycles. The molecule has 0 atom stereocenters. The minimum atomic E-state index is 0.117. The Morgan fingerprint density at radius 1 is 1.33 bits per heavy atom. The highest BCUT2D eigenvalue weighted by Crippen LogP contribution is 2.38. The summed E-state index contributed by atoms with van der Waals surface area (Å²) in [5.41, 5.74) is 6.22. The molecule has 0 spiro atoms. The van der Waals surface area contributed by atoms with Gasteiger partial charge in [0.2, 0.25) is 0 Å². The molecule has 4 heteroatoms. The van der Waals surface area contributed by atoms with Gasteiger partial charge in [0.1, 0.15) is 5.76 Å². The summed E-state index contributed by atoms with van der Waals surface area (Å²) < 4.78 is 11.0. The molecule has 0 bridgehead atoms. The van der Waals surface area contributed by atoms with Crippen molar-refractivity contribution in [3.8, 4) is 0 Å². The van der Waals surface area contributed by atoms with Crippen LogP contribution in [0.3, 0.4) is 0 Å². The zero-order valence-electron chi connectivity index (χ0n) is 10.8. The first-order valence-electron chi connectivity index (χ1n) is 6.91. The van der Waals surface area contributed by atoms with Crippen molar-refractivity contribution in [2.45, 2.75) is 43.8 Å². The fourth-order valence-corrected chi connectivity index (χ4v) is 3.00. The third-order valence-electron chi connectivity index (χ3n) is 4.31. The summed E-state index contributed by atoms with van der Waals surface area (Å²) in [6.45, 7) is 3.26. The van der Waals surface area contributed by atoms with Gasteiger partial charge >= 0.3 is 0 Å². The van der Waals surface area contributed by atoms with Gasteiger partial charge < -0.3 is 14.9 Å². The van der Waals surface area contributed by atoms with Crippen LogP contribution in [0.1, 0.15) is 31.4 Å². The Morgan fingerprint density at radius 2 is 2.11 bits per heavy atom. The van der Waals surface area contributed by atoms with Crippen LogP contribution in [0.25, 0.3) is 0 Å². The highest BCUT2D eigenvalue weighted by molar-refractivity contribution is 5.05. The van der Waals surface area contributed by atoms with Crippen LogP contribution >= 0.6 is 0 Å². The van der Waals surface area contributed by atoms with Crippen LogP contribution in [0.15, 0.2) is 22.8 Å². The SMILES string of the molecule is NCC1(N(Cc2ccco2)C2CC2)CCOCC1. The maximum atomic E-state index is 6.11. The molecule has 1 aromatic rings. The average molecular weight is 250 g/mol. The lowest BCUT2D eigenvalue weighted by molar-refractivity contribution is -0.0349. The molecule has 18 heavy (non-hydrogen) atoms. The summed E-state index contributed by atoms with van der Waals surface area (Å²) >= 11 is 0. The Labute approximate surface area is 108 Å². The Balaban J connectivity index is 1.78. The number of nitrogens with two attached hydrogens (primary N) is 1. The van der Waals surface area contributed by atoms with Crippen LogP contribution in [0.2, 0.25) is 0 Å². The van der Waals surface area contributed by atoms with Crippen molar-refractivity contribution in [2.24, 2.45) is 5.73 Å². The summed E-state index contributed by atoms with van der Waals surface area (Å²) in [5.74, 6) is 1.04. The predicted molar refractivity (Wildman–Crippen MR) is 69.1 cm³/mol. The summed E-state index contributed by atoms with van der Waals surface area (Å²) in [5, 5.41) is 0. The molecule has 100 valence electrons. The van der Waals surface area contributed by atoms with Gasteiger partial charge in [-0.25, -0.2) is 0 Å². The van der Waals surface area contributed by atoms with E-state index in [2.05, 4.69) is 11.0 Å². The van der Waals surface area contributed by atoms with E-state index in [-0.39, 0.29) is 5.54 Å². The highest BCUT2D eigenvalue weighted by Gasteiger charge is 2.44. The lowest BCUT2D eigenvalue weighted by Gasteiger charge is -2.45. The number of rotatable bonds is 5. The molecule has 1 aromatic heterocycles. The molecule has 2 aliphatic rings. The third-order valence-corrected chi connectivity index (χ3v) is 4.31. The number of ether oxygens (including phenoxy) is 1. The smallest absolute Gasteiger partial charge is 0.117 e. The van der Waals surface area contributed by atoms with Crippen LogP contribution in [-0.4, -0.2) is 36.2 Å². The molecule has 1 saturated carbocycles. The molecule has 2 heterocycles. The van der Waals surface area contributed by atoms with Gasteiger partial charge in [-0.1, -0.05) is 0 Å². The van der Waals surface area contributed by atoms with E-state index >= 15 is 0 Å². The maximum absolute atomic E-state index is 6.11. The first-order valence-corrected chi connectivity index (χ1v) is 6.91. The number of hydrogen-bond acceptors (Lipinski definition) is 4. The zero-order chi connectivity index (χ0) is 12.4. The zero-order valence-corrected chi connectivity index (χ0v) is 10.8. The molecular weight excluding hydrogens is 228 g/mol. The molecule has 2 N–H and O–H groups in total. The molecular formula is C14H22N2O2. The second-order valence-corrected chi connectivity index (χ2v) is 5.48. The normalized spacial score (nSPS) is 23.4. The van der Waals surface area contributed by atoms with Crippen LogP contribution in [0.4, 0.5) is 0 Å². The van der Waals surface area contributed by atoms with Gasteiger partial charge in [-0.05, 0) is 37.8 Å². The Hall–Kier alpha value is -0.840. The summed E-state index contributed by atoms with van der Waals surface area (Å²) in [6.07, 6.45) is 6.42. The molecule has 0 amide bonds. The van der Waals surface area contributed by atoms with E-state index in [1.54, 1.807) is 6.26 Å². The molecule has 1 saturated heterocycles. The average Bonchev–Trinajstić information content (AvgIpc) is 3.13. The molecule has 2 fully saturated rings. The minimum Gasteiger partial charge on any atom is -0.468 e. The van der Waals surface area contributed by atoms with Crippen LogP contribution in [0.5, 0.6) is 0 Å². The maximum Gasteiger partial charge on any atom is 0.117 e. The second-order valence-electron chi connectivity index (χ2n) is 5.48. The van der Waals surface area contributed by atoms with Crippen molar-refractivity contribution in [1.29, 1.82) is 0 Å². The van der Waals surface area contributed by atoms with E-state index in [9.17, 15) is 0 Å². The van der Waals surface area contributed by atoms with Crippen molar-refractivity contribution in [2.75, 3.05) is 19.8 Å². The van der Waals surface area contributed by atoms with Crippen LogP contribution < -0.4 is 5.73 Å². The molecule has 0 aromatic carbocycles. The molecule has 0 unspecified atom stereocenters.